The number of fused-ring (bicyclic) bond motifs is 1. The lowest BCUT2D eigenvalue weighted by molar-refractivity contribution is 0.249. The Hall–Kier alpha value is -2.58. The standard InChI is InChI=1S/C20H20F2N4OS/c1-24-19(28)15-4-2-13(10-17(15)23-20(24)27)12-25-6-8-26(9-7-25)18-5-3-14(21)11-16(18)22/h2-5,10-11H,6-9,12H2,1H3,(H,23,27). The van der Waals surface area contributed by atoms with E-state index in [1.807, 2.05) is 23.1 Å². The Kier molecular flexibility index (Phi) is 4.99. The van der Waals surface area contributed by atoms with Crippen molar-refractivity contribution in [1.82, 2.24) is 14.5 Å². The number of nitrogens with one attached hydrogen (secondary N) is 1. The third kappa shape index (κ3) is 3.57. The van der Waals surface area contributed by atoms with Gasteiger partial charge in [0, 0.05) is 51.2 Å². The second-order valence-corrected chi connectivity index (χ2v) is 7.42. The summed E-state index contributed by atoms with van der Waals surface area (Å²) in [6, 6.07) is 9.61. The molecule has 1 aliphatic heterocycles. The summed E-state index contributed by atoms with van der Waals surface area (Å²) in [6.07, 6.45) is 0. The van der Waals surface area contributed by atoms with Gasteiger partial charge < -0.3 is 9.88 Å². The molecule has 4 rings (SSSR count). The van der Waals surface area contributed by atoms with E-state index in [1.54, 1.807) is 7.05 Å². The van der Waals surface area contributed by atoms with Crippen molar-refractivity contribution in [1.29, 1.82) is 0 Å². The number of benzene rings is 2. The SMILES string of the molecule is Cn1c(=O)[nH]c2cc(CN3CCN(c4ccc(F)cc4F)CC3)ccc2c1=S. The number of aromatic amines is 1. The van der Waals surface area contributed by atoms with Crippen molar-refractivity contribution in [2.24, 2.45) is 7.05 Å². The molecule has 0 radical (unpaired) electrons. The first-order chi connectivity index (χ1) is 13.4. The monoisotopic (exact) mass is 402 g/mol. The van der Waals surface area contributed by atoms with Crippen molar-refractivity contribution in [2.75, 3.05) is 31.1 Å². The number of hydrogen-bond donors (Lipinski definition) is 1. The summed E-state index contributed by atoms with van der Waals surface area (Å²) in [5, 5.41) is 0.845. The fourth-order valence-electron chi connectivity index (χ4n) is 3.59. The van der Waals surface area contributed by atoms with E-state index in [0.717, 1.165) is 42.2 Å². The molecule has 3 aromatic rings. The van der Waals surface area contributed by atoms with E-state index in [-0.39, 0.29) is 5.69 Å². The van der Waals surface area contributed by atoms with Crippen molar-refractivity contribution in [3.63, 3.8) is 0 Å². The molecular weight excluding hydrogens is 382 g/mol. The summed E-state index contributed by atoms with van der Waals surface area (Å²) in [7, 11) is 1.65. The third-order valence-electron chi connectivity index (χ3n) is 5.19. The lowest BCUT2D eigenvalue weighted by atomic mass is 10.1. The Labute approximate surface area is 165 Å². The zero-order chi connectivity index (χ0) is 19.8. The molecule has 1 saturated heterocycles. The van der Waals surface area contributed by atoms with Crippen molar-refractivity contribution >= 4 is 28.8 Å². The topological polar surface area (TPSA) is 44.3 Å². The highest BCUT2D eigenvalue weighted by Gasteiger charge is 2.20. The maximum atomic E-state index is 14.0. The smallest absolute Gasteiger partial charge is 0.326 e. The lowest BCUT2D eigenvalue weighted by Crippen LogP contribution is -2.46. The van der Waals surface area contributed by atoms with Gasteiger partial charge in [-0.2, -0.15) is 0 Å². The number of anilines is 1. The average molecular weight is 402 g/mol. The molecule has 5 nitrogen and oxygen atoms in total. The summed E-state index contributed by atoms with van der Waals surface area (Å²) >= 11 is 5.34. The minimum atomic E-state index is -0.565. The minimum absolute atomic E-state index is 0.232. The molecule has 1 N–H and O–H groups in total. The molecule has 2 aromatic carbocycles. The largest absolute Gasteiger partial charge is 0.367 e. The zero-order valence-corrected chi connectivity index (χ0v) is 16.2. The highest BCUT2D eigenvalue weighted by molar-refractivity contribution is 7.71. The number of H-pyrrole nitrogens is 1. The molecule has 0 atom stereocenters. The number of piperazine rings is 1. The first-order valence-corrected chi connectivity index (χ1v) is 9.47. The average Bonchev–Trinajstić information content (AvgIpc) is 2.67. The molecule has 28 heavy (non-hydrogen) atoms. The van der Waals surface area contributed by atoms with E-state index in [0.29, 0.717) is 23.4 Å². The second kappa shape index (κ2) is 7.44. The van der Waals surface area contributed by atoms with E-state index in [2.05, 4.69) is 9.88 Å². The van der Waals surface area contributed by atoms with Crippen LogP contribution in [0, 0.1) is 16.3 Å². The molecule has 0 aliphatic carbocycles. The molecule has 0 bridgehead atoms. The van der Waals surface area contributed by atoms with E-state index in [1.165, 1.54) is 16.7 Å². The summed E-state index contributed by atoms with van der Waals surface area (Å²) < 4.78 is 29.0. The molecule has 8 heteroatoms. The summed E-state index contributed by atoms with van der Waals surface area (Å²) in [5.74, 6) is -1.09. The predicted octanol–water partition coefficient (Wildman–Crippen LogP) is 3.20. The van der Waals surface area contributed by atoms with E-state index in [4.69, 9.17) is 12.2 Å². The van der Waals surface area contributed by atoms with E-state index >= 15 is 0 Å². The Bertz CT molecular complexity index is 1150. The van der Waals surface area contributed by atoms with Crippen LogP contribution >= 0.6 is 12.2 Å². The number of nitrogens with zero attached hydrogens (tertiary/aromatic N) is 3. The highest BCUT2D eigenvalue weighted by Crippen LogP contribution is 2.22. The van der Waals surface area contributed by atoms with Crippen LogP contribution in [0.3, 0.4) is 0 Å². The third-order valence-corrected chi connectivity index (χ3v) is 5.69. The zero-order valence-electron chi connectivity index (χ0n) is 15.4. The van der Waals surface area contributed by atoms with Gasteiger partial charge in [0.15, 0.2) is 0 Å². The molecule has 0 unspecified atom stereocenters. The lowest BCUT2D eigenvalue weighted by Gasteiger charge is -2.36. The second-order valence-electron chi connectivity index (χ2n) is 7.03. The maximum Gasteiger partial charge on any atom is 0.326 e. The maximum absolute atomic E-state index is 14.0. The first-order valence-electron chi connectivity index (χ1n) is 9.07. The number of aromatic nitrogens is 2. The number of halogens is 2. The van der Waals surface area contributed by atoms with Crippen LogP contribution in [0.1, 0.15) is 5.56 Å². The van der Waals surface area contributed by atoms with Crippen LogP contribution in [0.2, 0.25) is 0 Å². The molecule has 1 fully saturated rings. The van der Waals surface area contributed by atoms with Crippen LogP contribution in [0.5, 0.6) is 0 Å². The van der Waals surface area contributed by atoms with Gasteiger partial charge in [-0.15, -0.1) is 0 Å². The fraction of sp³-hybridized carbons (Fsp3) is 0.300. The number of hydrogen-bond acceptors (Lipinski definition) is 4. The van der Waals surface area contributed by atoms with Crippen molar-refractivity contribution in [3.05, 3.63) is 68.7 Å². The van der Waals surface area contributed by atoms with Gasteiger partial charge in [-0.25, -0.2) is 13.6 Å². The van der Waals surface area contributed by atoms with Gasteiger partial charge in [0.1, 0.15) is 16.3 Å². The summed E-state index contributed by atoms with van der Waals surface area (Å²) in [6.45, 7) is 3.59. The van der Waals surface area contributed by atoms with Crippen LogP contribution in [0.15, 0.2) is 41.2 Å². The van der Waals surface area contributed by atoms with Crippen molar-refractivity contribution in [2.45, 2.75) is 6.54 Å². The van der Waals surface area contributed by atoms with Crippen LogP contribution in [0.4, 0.5) is 14.5 Å². The fourth-order valence-corrected chi connectivity index (χ4v) is 3.86. The Morgan fingerprint density at radius 1 is 1.07 bits per heavy atom. The van der Waals surface area contributed by atoms with Crippen LogP contribution in [-0.4, -0.2) is 40.6 Å². The molecule has 2 heterocycles. The molecule has 1 aliphatic rings. The molecular formula is C20H20F2N4OS. The molecule has 1 aromatic heterocycles. The highest BCUT2D eigenvalue weighted by atomic mass is 32.1. The van der Waals surface area contributed by atoms with Crippen LogP contribution < -0.4 is 10.6 Å². The molecule has 0 saturated carbocycles. The van der Waals surface area contributed by atoms with Gasteiger partial charge in [0.2, 0.25) is 0 Å². The first kappa shape index (κ1) is 18.8. The summed E-state index contributed by atoms with van der Waals surface area (Å²) in [5.41, 5.74) is 2.02. The molecule has 0 amide bonds. The van der Waals surface area contributed by atoms with Gasteiger partial charge in [-0.3, -0.25) is 9.47 Å². The van der Waals surface area contributed by atoms with Gasteiger partial charge in [-0.05, 0) is 29.8 Å². The molecule has 0 spiro atoms. The predicted molar refractivity (Wildman–Crippen MR) is 108 cm³/mol. The van der Waals surface area contributed by atoms with Gasteiger partial charge in [0.25, 0.3) is 0 Å². The Balaban J connectivity index is 1.47. The Morgan fingerprint density at radius 2 is 1.82 bits per heavy atom. The van der Waals surface area contributed by atoms with Crippen molar-refractivity contribution in [3.8, 4) is 0 Å². The van der Waals surface area contributed by atoms with E-state index in [9.17, 15) is 13.6 Å². The van der Waals surface area contributed by atoms with Gasteiger partial charge in [-0.1, -0.05) is 18.3 Å². The quantitative estimate of drug-likeness (QED) is 0.684. The normalized spacial score (nSPS) is 15.3. The van der Waals surface area contributed by atoms with Crippen LogP contribution in [-0.2, 0) is 13.6 Å². The molecule has 146 valence electrons. The van der Waals surface area contributed by atoms with Crippen LogP contribution in [0.25, 0.3) is 10.9 Å². The van der Waals surface area contributed by atoms with Crippen molar-refractivity contribution < 1.29 is 8.78 Å². The number of rotatable bonds is 3. The Morgan fingerprint density at radius 3 is 2.54 bits per heavy atom. The summed E-state index contributed by atoms with van der Waals surface area (Å²) in [4.78, 5) is 19.0. The van der Waals surface area contributed by atoms with E-state index < -0.39 is 11.6 Å². The van der Waals surface area contributed by atoms with Gasteiger partial charge >= 0.3 is 5.69 Å². The van der Waals surface area contributed by atoms with Gasteiger partial charge in [0.05, 0.1) is 11.2 Å². The minimum Gasteiger partial charge on any atom is -0.367 e.